The SMILES string of the molecule is CCCC(Cc1cccc(C)c1)C(C)C(=O)Nc1ccc2c(c1)COC2=O. The molecule has 0 fully saturated rings. The highest BCUT2D eigenvalue weighted by Gasteiger charge is 2.25. The second-order valence-electron chi connectivity index (χ2n) is 7.47. The summed E-state index contributed by atoms with van der Waals surface area (Å²) < 4.78 is 5.03. The van der Waals surface area contributed by atoms with Gasteiger partial charge in [0.15, 0.2) is 0 Å². The highest BCUT2D eigenvalue weighted by Crippen LogP contribution is 2.27. The van der Waals surface area contributed by atoms with Gasteiger partial charge in [0.2, 0.25) is 5.91 Å². The molecule has 1 N–H and O–H groups in total. The molecule has 0 saturated heterocycles. The van der Waals surface area contributed by atoms with Crippen LogP contribution < -0.4 is 5.32 Å². The Bertz CT molecular complexity index is 843. The Morgan fingerprint density at radius 3 is 2.78 bits per heavy atom. The van der Waals surface area contributed by atoms with E-state index >= 15 is 0 Å². The van der Waals surface area contributed by atoms with Gasteiger partial charge >= 0.3 is 5.97 Å². The van der Waals surface area contributed by atoms with Crippen molar-refractivity contribution in [2.45, 2.75) is 46.6 Å². The lowest BCUT2D eigenvalue weighted by atomic mass is 9.84. The normalized spacial score (nSPS) is 15.0. The largest absolute Gasteiger partial charge is 0.457 e. The van der Waals surface area contributed by atoms with Crippen LogP contribution in [0, 0.1) is 18.8 Å². The number of benzene rings is 2. The zero-order chi connectivity index (χ0) is 19.4. The maximum atomic E-state index is 12.8. The molecule has 0 spiro atoms. The van der Waals surface area contributed by atoms with E-state index in [1.807, 2.05) is 13.0 Å². The molecule has 142 valence electrons. The van der Waals surface area contributed by atoms with E-state index in [1.54, 1.807) is 12.1 Å². The number of carbonyl (C=O) groups is 2. The van der Waals surface area contributed by atoms with Crippen molar-refractivity contribution in [1.29, 1.82) is 0 Å². The molecule has 1 aliphatic rings. The number of hydrogen-bond donors (Lipinski definition) is 1. The Balaban J connectivity index is 1.69. The standard InChI is InChI=1S/C23H27NO3/c1-4-6-18(12-17-8-5-7-15(2)11-17)16(3)22(25)24-20-9-10-21-19(13-20)14-27-23(21)26/h5,7-11,13,16,18H,4,6,12,14H2,1-3H3,(H,24,25). The summed E-state index contributed by atoms with van der Waals surface area (Å²) in [6.07, 6.45) is 2.96. The predicted octanol–water partition coefficient (Wildman–Crippen LogP) is 4.90. The molecule has 2 unspecified atom stereocenters. The third-order valence-electron chi connectivity index (χ3n) is 5.31. The molecule has 0 aromatic heterocycles. The fraction of sp³-hybridized carbons (Fsp3) is 0.391. The van der Waals surface area contributed by atoms with Crippen LogP contribution in [0.3, 0.4) is 0 Å². The number of ether oxygens (including phenoxy) is 1. The van der Waals surface area contributed by atoms with Crippen molar-refractivity contribution in [2.75, 3.05) is 5.32 Å². The van der Waals surface area contributed by atoms with Crippen LogP contribution in [-0.2, 0) is 22.6 Å². The van der Waals surface area contributed by atoms with E-state index < -0.39 is 0 Å². The summed E-state index contributed by atoms with van der Waals surface area (Å²) in [6, 6.07) is 13.8. The van der Waals surface area contributed by atoms with Crippen molar-refractivity contribution >= 4 is 17.6 Å². The number of esters is 1. The van der Waals surface area contributed by atoms with E-state index in [0.29, 0.717) is 5.56 Å². The molecule has 0 aliphatic carbocycles. The van der Waals surface area contributed by atoms with Crippen LogP contribution >= 0.6 is 0 Å². The van der Waals surface area contributed by atoms with Crippen molar-refractivity contribution in [2.24, 2.45) is 11.8 Å². The Kier molecular flexibility index (Phi) is 5.94. The monoisotopic (exact) mass is 365 g/mol. The van der Waals surface area contributed by atoms with Gasteiger partial charge in [-0.1, -0.05) is 50.1 Å². The van der Waals surface area contributed by atoms with E-state index in [9.17, 15) is 9.59 Å². The number of aryl methyl sites for hydroxylation is 1. The molecule has 3 rings (SSSR count). The molecule has 0 bridgehead atoms. The molecule has 1 heterocycles. The van der Waals surface area contributed by atoms with E-state index in [4.69, 9.17) is 4.74 Å². The smallest absolute Gasteiger partial charge is 0.338 e. The lowest BCUT2D eigenvalue weighted by Gasteiger charge is -2.23. The average Bonchev–Trinajstić information content (AvgIpc) is 3.01. The maximum absolute atomic E-state index is 12.8. The van der Waals surface area contributed by atoms with Gasteiger partial charge in [0.1, 0.15) is 6.61 Å². The summed E-state index contributed by atoms with van der Waals surface area (Å²) in [4.78, 5) is 24.4. The molecule has 4 nitrogen and oxygen atoms in total. The molecule has 2 atom stereocenters. The fourth-order valence-corrected chi connectivity index (χ4v) is 3.72. The zero-order valence-electron chi connectivity index (χ0n) is 16.2. The molecule has 1 aliphatic heterocycles. The number of hydrogen-bond acceptors (Lipinski definition) is 3. The van der Waals surface area contributed by atoms with Gasteiger partial charge in [-0.25, -0.2) is 4.79 Å². The minimum atomic E-state index is -0.294. The molecule has 0 radical (unpaired) electrons. The molecule has 1 amide bonds. The molecular formula is C23H27NO3. The van der Waals surface area contributed by atoms with E-state index in [0.717, 1.165) is 30.5 Å². The first-order valence-electron chi connectivity index (χ1n) is 9.64. The highest BCUT2D eigenvalue weighted by molar-refractivity contribution is 5.96. The van der Waals surface area contributed by atoms with Gasteiger partial charge < -0.3 is 10.1 Å². The van der Waals surface area contributed by atoms with E-state index in [1.165, 1.54) is 11.1 Å². The topological polar surface area (TPSA) is 55.4 Å². The van der Waals surface area contributed by atoms with Crippen LogP contribution in [0.5, 0.6) is 0 Å². The zero-order valence-corrected chi connectivity index (χ0v) is 16.2. The average molecular weight is 365 g/mol. The lowest BCUT2D eigenvalue weighted by Crippen LogP contribution is -2.28. The predicted molar refractivity (Wildman–Crippen MR) is 107 cm³/mol. The summed E-state index contributed by atoms with van der Waals surface area (Å²) >= 11 is 0. The quantitative estimate of drug-likeness (QED) is 0.710. The minimum Gasteiger partial charge on any atom is -0.457 e. The van der Waals surface area contributed by atoms with E-state index in [2.05, 4.69) is 43.4 Å². The van der Waals surface area contributed by atoms with Crippen LogP contribution in [-0.4, -0.2) is 11.9 Å². The molecule has 0 saturated carbocycles. The summed E-state index contributed by atoms with van der Waals surface area (Å²) in [6.45, 7) is 6.53. The number of carbonyl (C=O) groups excluding carboxylic acids is 2. The van der Waals surface area contributed by atoms with Crippen molar-refractivity contribution in [3.05, 3.63) is 64.7 Å². The first kappa shape index (κ1) is 19.2. The third kappa shape index (κ3) is 4.57. The number of fused-ring (bicyclic) bond motifs is 1. The Morgan fingerprint density at radius 1 is 1.22 bits per heavy atom. The van der Waals surface area contributed by atoms with Gasteiger partial charge in [-0.05, 0) is 49.4 Å². The summed E-state index contributed by atoms with van der Waals surface area (Å²) in [7, 11) is 0. The van der Waals surface area contributed by atoms with Crippen LogP contribution in [0.15, 0.2) is 42.5 Å². The first-order chi connectivity index (χ1) is 13.0. The second kappa shape index (κ2) is 8.38. The van der Waals surface area contributed by atoms with Crippen LogP contribution in [0.4, 0.5) is 5.69 Å². The molecule has 2 aromatic rings. The van der Waals surface area contributed by atoms with Gasteiger partial charge in [0, 0.05) is 17.2 Å². The summed E-state index contributed by atoms with van der Waals surface area (Å²) in [5, 5.41) is 3.02. The Hall–Kier alpha value is -2.62. The van der Waals surface area contributed by atoms with Crippen LogP contribution in [0.1, 0.15) is 53.7 Å². The molecule has 4 heteroatoms. The molecule has 27 heavy (non-hydrogen) atoms. The summed E-state index contributed by atoms with van der Waals surface area (Å²) in [5.74, 6) is -0.0866. The second-order valence-corrected chi connectivity index (χ2v) is 7.47. The van der Waals surface area contributed by atoms with Gasteiger partial charge in [-0.3, -0.25) is 4.79 Å². The van der Waals surface area contributed by atoms with Crippen molar-refractivity contribution in [1.82, 2.24) is 0 Å². The van der Waals surface area contributed by atoms with Crippen molar-refractivity contribution in [3.8, 4) is 0 Å². The number of anilines is 1. The van der Waals surface area contributed by atoms with Crippen LogP contribution in [0.25, 0.3) is 0 Å². The third-order valence-corrected chi connectivity index (χ3v) is 5.31. The number of amides is 1. The fourth-order valence-electron chi connectivity index (χ4n) is 3.72. The maximum Gasteiger partial charge on any atom is 0.338 e. The number of cyclic esters (lactones) is 1. The molecular weight excluding hydrogens is 338 g/mol. The van der Waals surface area contributed by atoms with Crippen molar-refractivity contribution < 1.29 is 14.3 Å². The van der Waals surface area contributed by atoms with Gasteiger partial charge in [-0.2, -0.15) is 0 Å². The van der Waals surface area contributed by atoms with E-state index in [-0.39, 0.29) is 30.3 Å². The number of nitrogens with one attached hydrogen (secondary N) is 1. The minimum absolute atomic E-state index is 0.0197. The Labute approximate surface area is 160 Å². The van der Waals surface area contributed by atoms with Crippen molar-refractivity contribution in [3.63, 3.8) is 0 Å². The highest BCUT2D eigenvalue weighted by atomic mass is 16.5. The van der Waals surface area contributed by atoms with Gasteiger partial charge in [0.05, 0.1) is 5.56 Å². The summed E-state index contributed by atoms with van der Waals surface area (Å²) in [5.41, 5.74) is 4.66. The number of rotatable bonds is 7. The first-order valence-corrected chi connectivity index (χ1v) is 9.64. The molecule has 2 aromatic carbocycles. The Morgan fingerprint density at radius 2 is 2.04 bits per heavy atom. The van der Waals surface area contributed by atoms with Gasteiger partial charge in [0.25, 0.3) is 0 Å². The van der Waals surface area contributed by atoms with Gasteiger partial charge in [-0.15, -0.1) is 0 Å². The lowest BCUT2D eigenvalue weighted by molar-refractivity contribution is -0.121. The van der Waals surface area contributed by atoms with Crippen LogP contribution in [0.2, 0.25) is 0 Å².